The first-order valence-corrected chi connectivity index (χ1v) is 9.74. The quantitative estimate of drug-likeness (QED) is 0.273. The van der Waals surface area contributed by atoms with Gasteiger partial charge in [-0.15, -0.1) is 0 Å². The molecule has 0 aromatic carbocycles. The van der Waals surface area contributed by atoms with Gasteiger partial charge in [0.1, 0.15) is 24.1 Å². The fraction of sp³-hybridized carbons (Fsp3) is 0.750. The minimum atomic E-state index is -1.41. The molecule has 1 heterocycles. The number of carboxylic acids is 1. The molecule has 0 amide bonds. The molecule has 1 saturated heterocycles. The number of aliphatic carboxylic acids is 1. The molecule has 0 radical (unpaired) electrons. The summed E-state index contributed by atoms with van der Waals surface area (Å²) in [6.45, 7) is 1.94. The van der Waals surface area contributed by atoms with Crippen LogP contribution in [0.4, 0.5) is 8.78 Å². The van der Waals surface area contributed by atoms with Crippen LogP contribution in [0, 0.1) is 11.8 Å². The summed E-state index contributed by atoms with van der Waals surface area (Å²) in [6, 6.07) is 0. The number of ether oxygens (including phenoxy) is 1. The molecule has 1 aliphatic carbocycles. The predicted octanol–water partition coefficient (Wildman–Crippen LogP) is -1.03. The van der Waals surface area contributed by atoms with Gasteiger partial charge in [0, 0.05) is 24.2 Å². The maximum atomic E-state index is 14.8. The van der Waals surface area contributed by atoms with Gasteiger partial charge in [-0.2, -0.15) is 0 Å². The summed E-state index contributed by atoms with van der Waals surface area (Å²) >= 11 is 0. The first-order valence-electron chi connectivity index (χ1n) is 9.74. The van der Waals surface area contributed by atoms with Crippen LogP contribution in [0.1, 0.15) is 51.9 Å². The number of alkyl halides is 2. The van der Waals surface area contributed by atoms with Gasteiger partial charge in [0.05, 0.1) is 6.10 Å². The molecule has 0 aromatic heterocycles. The average molecular weight is 410 g/mol. The third-order valence-electron chi connectivity index (χ3n) is 5.35. The van der Waals surface area contributed by atoms with E-state index in [1.807, 2.05) is 6.92 Å². The largest absolute Gasteiger partial charge is 1.00 e. The second kappa shape index (κ2) is 12.3. The van der Waals surface area contributed by atoms with Crippen LogP contribution < -0.4 is 34.7 Å². The number of carbonyl (C=O) groups excluding carboxylic acids is 1. The van der Waals surface area contributed by atoms with Crippen molar-refractivity contribution >= 4 is 5.97 Å². The van der Waals surface area contributed by atoms with Gasteiger partial charge in [0.2, 0.25) is 0 Å². The van der Waals surface area contributed by atoms with Gasteiger partial charge in [0.15, 0.2) is 6.17 Å². The van der Waals surface area contributed by atoms with Gasteiger partial charge in [-0.3, -0.25) is 0 Å². The third-order valence-corrected chi connectivity index (χ3v) is 5.35. The minimum Gasteiger partial charge on any atom is -0.550 e. The van der Waals surface area contributed by atoms with E-state index in [-0.39, 0.29) is 54.6 Å². The molecular weight excluding hydrogens is 381 g/mol. The van der Waals surface area contributed by atoms with E-state index in [1.54, 1.807) is 6.08 Å². The minimum absolute atomic E-state index is 0. The van der Waals surface area contributed by atoms with Crippen LogP contribution in [0.15, 0.2) is 24.0 Å². The van der Waals surface area contributed by atoms with Crippen molar-refractivity contribution in [2.24, 2.45) is 11.8 Å². The summed E-state index contributed by atoms with van der Waals surface area (Å²) < 4.78 is 34.3. The van der Waals surface area contributed by atoms with Gasteiger partial charge >= 0.3 is 29.6 Å². The molecule has 2 rings (SSSR count). The summed E-state index contributed by atoms with van der Waals surface area (Å²) in [7, 11) is 0. The molecule has 0 aromatic rings. The average Bonchev–Trinajstić information content (AvgIpc) is 3.09. The second-order valence-electron chi connectivity index (χ2n) is 7.42. The van der Waals surface area contributed by atoms with E-state index in [1.165, 1.54) is 12.2 Å². The molecule has 7 atom stereocenters. The van der Waals surface area contributed by atoms with E-state index in [4.69, 9.17) is 4.74 Å². The van der Waals surface area contributed by atoms with Gasteiger partial charge in [-0.1, -0.05) is 31.9 Å². The Morgan fingerprint density at radius 2 is 2.14 bits per heavy atom. The molecule has 0 spiro atoms. The maximum absolute atomic E-state index is 14.8. The molecule has 28 heavy (non-hydrogen) atoms. The zero-order chi connectivity index (χ0) is 20.0. The molecule has 5 nitrogen and oxygen atoms in total. The Morgan fingerprint density at radius 3 is 2.79 bits per heavy atom. The Labute approximate surface area is 187 Å². The summed E-state index contributed by atoms with van der Waals surface area (Å²) in [6.07, 6.45) is 1.66. The van der Waals surface area contributed by atoms with Crippen molar-refractivity contribution in [1.29, 1.82) is 0 Å². The van der Waals surface area contributed by atoms with Crippen LogP contribution >= 0.6 is 0 Å². The van der Waals surface area contributed by atoms with E-state index in [0.29, 0.717) is 19.3 Å². The predicted molar refractivity (Wildman–Crippen MR) is 93.9 cm³/mol. The Morgan fingerprint density at radius 1 is 1.43 bits per heavy atom. The van der Waals surface area contributed by atoms with Crippen molar-refractivity contribution in [2.75, 3.05) is 0 Å². The molecule has 154 valence electrons. The zero-order valence-corrected chi connectivity index (χ0v) is 18.6. The monoisotopic (exact) mass is 410 g/mol. The topological polar surface area (TPSA) is 89.8 Å². The molecular formula is C20H29F2NaO5. The van der Waals surface area contributed by atoms with Crippen LogP contribution in [-0.2, 0) is 9.53 Å². The van der Waals surface area contributed by atoms with E-state index >= 15 is 0 Å². The summed E-state index contributed by atoms with van der Waals surface area (Å²) in [4.78, 5) is 10.4. The molecule has 1 aliphatic heterocycles. The number of allylic oxidation sites excluding steroid dienone is 2. The number of fused-ring (bicyclic) bond motifs is 1. The molecule has 2 N–H and O–H groups in total. The van der Waals surface area contributed by atoms with E-state index < -0.39 is 48.5 Å². The molecule has 2 aliphatic rings. The zero-order valence-electron chi connectivity index (χ0n) is 16.6. The number of rotatable bonds is 10. The normalized spacial score (nSPS) is 32.8. The number of aliphatic hydroxyl groups is 2. The van der Waals surface area contributed by atoms with Crippen molar-refractivity contribution in [3.05, 3.63) is 24.0 Å². The number of halogens is 2. The number of carboxylic acid groups (broad SMARTS) is 1. The van der Waals surface area contributed by atoms with Gasteiger partial charge < -0.3 is 24.9 Å². The molecule has 2 unspecified atom stereocenters. The Balaban J connectivity index is 0.00000392. The SMILES string of the molecule is CCCCC(F)[C@H](O)/C=C/[C@@H]1[C@H]2C(F)/C(=C/CCCC(=O)[O-])O[C@@H]2C[C@H]1O.[Na+]. The van der Waals surface area contributed by atoms with Crippen molar-refractivity contribution < 1.29 is 63.2 Å². The van der Waals surface area contributed by atoms with Crippen molar-refractivity contribution in [1.82, 2.24) is 0 Å². The number of unbranched alkanes of at least 4 members (excludes halogenated alkanes) is 2. The van der Waals surface area contributed by atoms with E-state index in [0.717, 1.165) is 6.42 Å². The number of aliphatic hydroxyl groups excluding tert-OH is 2. The number of hydrogen-bond donors (Lipinski definition) is 2. The molecule has 1 saturated carbocycles. The van der Waals surface area contributed by atoms with Crippen molar-refractivity contribution in [2.45, 2.75) is 82.5 Å². The molecule has 0 bridgehead atoms. The first kappa shape index (κ1) is 25.6. The van der Waals surface area contributed by atoms with Crippen LogP contribution in [0.5, 0.6) is 0 Å². The maximum Gasteiger partial charge on any atom is 1.00 e. The van der Waals surface area contributed by atoms with Crippen LogP contribution in [-0.4, -0.2) is 46.8 Å². The first-order chi connectivity index (χ1) is 12.8. The van der Waals surface area contributed by atoms with E-state index in [2.05, 4.69) is 0 Å². The third kappa shape index (κ3) is 6.80. The van der Waals surface area contributed by atoms with Gasteiger partial charge in [-0.05, 0) is 31.8 Å². The van der Waals surface area contributed by atoms with E-state index in [9.17, 15) is 28.9 Å². The second-order valence-corrected chi connectivity index (χ2v) is 7.42. The Hall–Kier alpha value is -0.470. The van der Waals surface area contributed by atoms with Gasteiger partial charge in [0.25, 0.3) is 0 Å². The molecule has 2 fully saturated rings. The number of carbonyl (C=O) groups is 1. The molecule has 8 heteroatoms. The fourth-order valence-electron chi connectivity index (χ4n) is 3.84. The summed E-state index contributed by atoms with van der Waals surface area (Å²) in [5.41, 5.74) is 0. The van der Waals surface area contributed by atoms with Crippen LogP contribution in [0.25, 0.3) is 0 Å². The smallest absolute Gasteiger partial charge is 0.550 e. The summed E-state index contributed by atoms with van der Waals surface area (Å²) in [5.74, 6) is -2.14. The van der Waals surface area contributed by atoms with Gasteiger partial charge in [-0.25, -0.2) is 8.78 Å². The van der Waals surface area contributed by atoms with Crippen LogP contribution in [0.3, 0.4) is 0 Å². The van der Waals surface area contributed by atoms with Crippen molar-refractivity contribution in [3.8, 4) is 0 Å². The van der Waals surface area contributed by atoms with Crippen LogP contribution in [0.2, 0.25) is 0 Å². The number of hydrogen-bond acceptors (Lipinski definition) is 5. The Bertz CT molecular complexity index is 557. The van der Waals surface area contributed by atoms with Crippen molar-refractivity contribution in [3.63, 3.8) is 0 Å². The standard InChI is InChI=1S/C20H30F2O5.Na/c1-2-3-6-13(21)14(23)10-9-12-15(24)11-17-19(12)20(22)16(27-17)7-4-5-8-18(25)26;/h7,9-10,12-15,17,19-20,23-24H,2-6,8,11H2,1H3,(H,25,26);/q;+1/p-1/b10-9+,16-7-;/t12-,13?,14+,15+,17+,19+,20?;/m0./s1. The Kier molecular flexibility index (Phi) is 11.2. The fourth-order valence-corrected chi connectivity index (χ4v) is 3.84. The summed E-state index contributed by atoms with van der Waals surface area (Å²) in [5, 5.41) is 30.5.